The Hall–Kier alpha value is -2.63. The van der Waals surface area contributed by atoms with Crippen molar-refractivity contribution in [3.8, 4) is 5.75 Å². The molecule has 0 saturated carbocycles. The van der Waals surface area contributed by atoms with Crippen LogP contribution in [0.3, 0.4) is 0 Å². The molecule has 0 aliphatic carbocycles. The molecule has 0 aliphatic heterocycles. The Kier molecular flexibility index (Phi) is 3.90. The molecular weight excluding hydrogens is 294 g/mol. The molecule has 120 valence electrons. The van der Waals surface area contributed by atoms with E-state index in [0.717, 1.165) is 28.7 Å². The van der Waals surface area contributed by atoms with Gasteiger partial charge in [-0.15, -0.1) is 10.2 Å². The van der Waals surface area contributed by atoms with Gasteiger partial charge < -0.3 is 13.7 Å². The summed E-state index contributed by atoms with van der Waals surface area (Å²) in [5, 5.41) is 8.58. The van der Waals surface area contributed by atoms with Crippen molar-refractivity contribution in [1.82, 2.24) is 14.8 Å². The number of benzene rings is 1. The van der Waals surface area contributed by atoms with Gasteiger partial charge in [0.2, 0.25) is 5.89 Å². The van der Waals surface area contributed by atoms with E-state index in [0.29, 0.717) is 17.5 Å². The van der Waals surface area contributed by atoms with Crippen LogP contribution >= 0.6 is 0 Å². The molecule has 0 saturated heterocycles. The second-order valence-electron chi connectivity index (χ2n) is 5.44. The van der Waals surface area contributed by atoms with Crippen molar-refractivity contribution in [1.29, 1.82) is 0 Å². The van der Waals surface area contributed by atoms with Gasteiger partial charge in [0.1, 0.15) is 5.75 Å². The van der Waals surface area contributed by atoms with Crippen LogP contribution in [-0.2, 0) is 13.2 Å². The van der Waals surface area contributed by atoms with Gasteiger partial charge in [-0.2, -0.15) is 0 Å². The summed E-state index contributed by atoms with van der Waals surface area (Å²) >= 11 is 0. The molecule has 0 aliphatic rings. The molecule has 0 N–H and O–H groups in total. The van der Waals surface area contributed by atoms with E-state index >= 15 is 0 Å². The van der Waals surface area contributed by atoms with E-state index in [1.54, 1.807) is 13.8 Å². The summed E-state index contributed by atoms with van der Waals surface area (Å²) in [5.74, 6) is 1.67. The zero-order chi connectivity index (χ0) is 16.6. The molecule has 23 heavy (non-hydrogen) atoms. The van der Waals surface area contributed by atoms with Gasteiger partial charge in [-0.05, 0) is 39.0 Å². The lowest BCUT2D eigenvalue weighted by molar-refractivity contribution is 0.101. The SMILES string of the molecule is CCn1c(C)c(C(C)=O)c2cc(OCc3nnc(C)o3)ccc21. The van der Waals surface area contributed by atoms with E-state index in [-0.39, 0.29) is 12.4 Å². The molecule has 2 aromatic heterocycles. The third-order valence-electron chi connectivity index (χ3n) is 3.89. The summed E-state index contributed by atoms with van der Waals surface area (Å²) in [6.45, 7) is 8.39. The zero-order valence-corrected chi connectivity index (χ0v) is 13.7. The van der Waals surface area contributed by atoms with Crippen LogP contribution in [0.25, 0.3) is 10.9 Å². The lowest BCUT2D eigenvalue weighted by Gasteiger charge is -2.05. The van der Waals surface area contributed by atoms with Crippen LogP contribution in [-0.4, -0.2) is 20.5 Å². The minimum atomic E-state index is 0.0596. The number of nitrogens with zero attached hydrogens (tertiary/aromatic N) is 3. The summed E-state index contributed by atoms with van der Waals surface area (Å²) in [5.41, 5.74) is 2.77. The topological polar surface area (TPSA) is 70.2 Å². The Morgan fingerprint density at radius 1 is 1.30 bits per heavy atom. The minimum absolute atomic E-state index is 0.0596. The van der Waals surface area contributed by atoms with Crippen molar-refractivity contribution < 1.29 is 13.9 Å². The first-order chi connectivity index (χ1) is 11.0. The molecular formula is C17H19N3O3. The Labute approximate surface area is 134 Å². The molecule has 0 unspecified atom stereocenters. The third-order valence-corrected chi connectivity index (χ3v) is 3.89. The van der Waals surface area contributed by atoms with E-state index in [4.69, 9.17) is 9.15 Å². The van der Waals surface area contributed by atoms with E-state index in [2.05, 4.69) is 21.7 Å². The number of carbonyl (C=O) groups is 1. The van der Waals surface area contributed by atoms with E-state index in [1.165, 1.54) is 0 Å². The molecule has 0 atom stereocenters. The van der Waals surface area contributed by atoms with Crippen LogP contribution < -0.4 is 4.74 Å². The molecule has 0 bridgehead atoms. The van der Waals surface area contributed by atoms with Crippen molar-refractivity contribution in [3.63, 3.8) is 0 Å². The molecule has 0 radical (unpaired) electrons. The predicted molar refractivity (Wildman–Crippen MR) is 85.7 cm³/mol. The number of aryl methyl sites for hydroxylation is 2. The number of aromatic nitrogens is 3. The summed E-state index contributed by atoms with van der Waals surface area (Å²) in [6, 6.07) is 5.77. The molecule has 2 heterocycles. The Morgan fingerprint density at radius 2 is 2.09 bits per heavy atom. The summed E-state index contributed by atoms with van der Waals surface area (Å²) in [7, 11) is 0. The quantitative estimate of drug-likeness (QED) is 0.675. The zero-order valence-electron chi connectivity index (χ0n) is 13.7. The number of hydrogen-bond donors (Lipinski definition) is 0. The van der Waals surface area contributed by atoms with Gasteiger partial charge in [0.05, 0.1) is 0 Å². The van der Waals surface area contributed by atoms with Crippen molar-refractivity contribution in [2.75, 3.05) is 0 Å². The first-order valence-electron chi connectivity index (χ1n) is 7.56. The van der Waals surface area contributed by atoms with Crippen molar-refractivity contribution in [3.05, 3.63) is 41.2 Å². The standard InChI is InChI=1S/C17H19N3O3/c1-5-20-10(2)17(11(3)21)14-8-13(6-7-15(14)20)22-9-16-19-18-12(4)23-16/h6-8H,5,9H2,1-4H3. The van der Waals surface area contributed by atoms with E-state index in [9.17, 15) is 4.79 Å². The van der Waals surface area contributed by atoms with Crippen molar-refractivity contribution >= 4 is 16.7 Å². The molecule has 6 heteroatoms. The lowest BCUT2D eigenvalue weighted by Crippen LogP contribution is -1.99. The van der Waals surface area contributed by atoms with Crippen LogP contribution in [0.5, 0.6) is 5.75 Å². The third kappa shape index (κ3) is 2.72. The number of Topliss-reactive ketones (excluding diaryl/α,β-unsaturated/α-hetero) is 1. The first-order valence-corrected chi connectivity index (χ1v) is 7.56. The molecule has 6 nitrogen and oxygen atoms in total. The van der Waals surface area contributed by atoms with Gasteiger partial charge in [0, 0.05) is 35.6 Å². The second kappa shape index (κ2) is 5.87. The smallest absolute Gasteiger partial charge is 0.253 e. The average Bonchev–Trinajstić information content (AvgIpc) is 3.04. The number of carbonyl (C=O) groups excluding carboxylic acids is 1. The highest BCUT2D eigenvalue weighted by Gasteiger charge is 2.17. The van der Waals surface area contributed by atoms with Crippen LogP contribution in [0.4, 0.5) is 0 Å². The van der Waals surface area contributed by atoms with Gasteiger partial charge >= 0.3 is 0 Å². The van der Waals surface area contributed by atoms with Gasteiger partial charge in [-0.25, -0.2) is 0 Å². The number of fused-ring (bicyclic) bond motifs is 1. The normalized spacial score (nSPS) is 11.1. The number of ether oxygens (including phenoxy) is 1. The van der Waals surface area contributed by atoms with E-state index in [1.807, 2.05) is 25.1 Å². The maximum absolute atomic E-state index is 12.0. The van der Waals surface area contributed by atoms with Crippen LogP contribution in [0.1, 0.15) is 41.7 Å². The summed E-state index contributed by atoms with van der Waals surface area (Å²) < 4.78 is 13.1. The molecule has 1 aromatic carbocycles. The predicted octanol–water partition coefficient (Wildman–Crippen LogP) is 3.44. The van der Waals surface area contributed by atoms with Gasteiger partial charge in [0.25, 0.3) is 5.89 Å². The van der Waals surface area contributed by atoms with Gasteiger partial charge in [0.15, 0.2) is 12.4 Å². The average molecular weight is 313 g/mol. The fourth-order valence-corrected chi connectivity index (χ4v) is 2.94. The van der Waals surface area contributed by atoms with Crippen molar-refractivity contribution in [2.45, 2.75) is 40.8 Å². The van der Waals surface area contributed by atoms with Crippen molar-refractivity contribution in [2.24, 2.45) is 0 Å². The largest absolute Gasteiger partial charge is 0.484 e. The Balaban J connectivity index is 1.97. The maximum atomic E-state index is 12.0. The maximum Gasteiger partial charge on any atom is 0.253 e. The molecule has 0 spiro atoms. The Morgan fingerprint density at radius 3 is 2.70 bits per heavy atom. The summed E-state index contributed by atoms with van der Waals surface area (Å²) in [4.78, 5) is 12.0. The lowest BCUT2D eigenvalue weighted by atomic mass is 10.1. The van der Waals surface area contributed by atoms with Crippen LogP contribution in [0.2, 0.25) is 0 Å². The van der Waals surface area contributed by atoms with Gasteiger partial charge in [-0.3, -0.25) is 4.79 Å². The monoisotopic (exact) mass is 313 g/mol. The van der Waals surface area contributed by atoms with Crippen LogP contribution in [0, 0.1) is 13.8 Å². The molecule has 3 rings (SSSR count). The first kappa shape index (κ1) is 15.3. The van der Waals surface area contributed by atoms with Gasteiger partial charge in [-0.1, -0.05) is 0 Å². The Bertz CT molecular complexity index is 877. The highest BCUT2D eigenvalue weighted by Crippen LogP contribution is 2.30. The second-order valence-corrected chi connectivity index (χ2v) is 5.44. The molecule has 3 aromatic rings. The minimum Gasteiger partial charge on any atom is -0.484 e. The van der Waals surface area contributed by atoms with E-state index < -0.39 is 0 Å². The number of ketones is 1. The molecule has 0 fully saturated rings. The number of rotatable bonds is 5. The highest BCUT2D eigenvalue weighted by molar-refractivity contribution is 6.08. The number of hydrogen-bond acceptors (Lipinski definition) is 5. The fraction of sp³-hybridized carbons (Fsp3) is 0.353. The molecule has 0 amide bonds. The van der Waals surface area contributed by atoms with Crippen LogP contribution in [0.15, 0.2) is 22.6 Å². The summed E-state index contributed by atoms with van der Waals surface area (Å²) in [6.07, 6.45) is 0. The fourth-order valence-electron chi connectivity index (χ4n) is 2.94. The highest BCUT2D eigenvalue weighted by atomic mass is 16.5.